The van der Waals surface area contributed by atoms with Crippen LogP contribution in [0, 0.1) is 6.92 Å². The molecule has 1 aromatic heterocycles. The predicted octanol–water partition coefficient (Wildman–Crippen LogP) is 1.70. The van der Waals surface area contributed by atoms with Gasteiger partial charge in [0.2, 0.25) is 0 Å². The van der Waals surface area contributed by atoms with Gasteiger partial charge in [-0.15, -0.1) is 0 Å². The Balaban J connectivity index is 2.08. The first-order chi connectivity index (χ1) is 8.58. The maximum atomic E-state index is 10.9. The summed E-state index contributed by atoms with van der Waals surface area (Å²) >= 11 is 0. The molecule has 1 aliphatic heterocycles. The normalized spacial score (nSPS) is 18.9. The average Bonchev–Trinajstić information content (AvgIpc) is 2.81. The van der Waals surface area contributed by atoms with Gasteiger partial charge in [-0.1, -0.05) is 0 Å². The predicted molar refractivity (Wildman–Crippen MR) is 68.2 cm³/mol. The highest BCUT2D eigenvalue weighted by Gasteiger charge is 2.18. The lowest BCUT2D eigenvalue weighted by Crippen LogP contribution is -2.29. The zero-order valence-corrected chi connectivity index (χ0v) is 10.7. The average molecular weight is 250 g/mol. The third-order valence-corrected chi connectivity index (χ3v) is 3.19. The van der Waals surface area contributed by atoms with Crippen molar-refractivity contribution in [2.45, 2.75) is 25.9 Å². The maximum Gasteiger partial charge on any atom is 0.337 e. The summed E-state index contributed by atoms with van der Waals surface area (Å²) < 4.78 is 5.57. The zero-order valence-electron chi connectivity index (χ0n) is 10.7. The lowest BCUT2D eigenvalue weighted by molar-refractivity contribution is 0.0695. The molecule has 1 unspecified atom stereocenters. The maximum absolute atomic E-state index is 10.9. The van der Waals surface area contributed by atoms with Crippen LogP contribution in [0.4, 0.5) is 5.82 Å². The van der Waals surface area contributed by atoms with Gasteiger partial charge in [0.1, 0.15) is 5.82 Å². The smallest absolute Gasteiger partial charge is 0.337 e. The van der Waals surface area contributed by atoms with Crippen molar-refractivity contribution >= 4 is 11.8 Å². The molecule has 1 aliphatic rings. The Labute approximate surface area is 106 Å². The molecular formula is C13H18N2O3. The van der Waals surface area contributed by atoms with Gasteiger partial charge in [0.25, 0.3) is 0 Å². The van der Waals surface area contributed by atoms with E-state index in [0.717, 1.165) is 31.8 Å². The fourth-order valence-corrected chi connectivity index (χ4v) is 2.17. The van der Waals surface area contributed by atoms with Crippen LogP contribution < -0.4 is 4.90 Å². The summed E-state index contributed by atoms with van der Waals surface area (Å²) in [5.41, 5.74) is 0.795. The largest absolute Gasteiger partial charge is 0.478 e. The molecule has 1 fully saturated rings. The van der Waals surface area contributed by atoms with Crippen LogP contribution >= 0.6 is 0 Å². The van der Waals surface area contributed by atoms with Gasteiger partial charge in [-0.2, -0.15) is 0 Å². The van der Waals surface area contributed by atoms with E-state index in [1.807, 2.05) is 11.9 Å². The van der Waals surface area contributed by atoms with Crippen molar-refractivity contribution in [2.24, 2.45) is 0 Å². The molecule has 2 rings (SSSR count). The molecule has 5 heteroatoms. The highest BCUT2D eigenvalue weighted by Crippen LogP contribution is 2.18. The lowest BCUT2D eigenvalue weighted by Gasteiger charge is -2.22. The van der Waals surface area contributed by atoms with Crippen LogP contribution in [0.15, 0.2) is 12.1 Å². The summed E-state index contributed by atoms with van der Waals surface area (Å²) in [6.07, 6.45) is 2.45. The van der Waals surface area contributed by atoms with Crippen LogP contribution in [0.2, 0.25) is 0 Å². The highest BCUT2D eigenvalue weighted by atomic mass is 16.5. The number of ether oxygens (including phenoxy) is 1. The topological polar surface area (TPSA) is 62.7 Å². The number of likely N-dealkylation sites (N-methyl/N-ethyl adjacent to an activating group) is 1. The Morgan fingerprint density at radius 3 is 2.94 bits per heavy atom. The Morgan fingerprint density at radius 2 is 2.39 bits per heavy atom. The molecule has 98 valence electrons. The summed E-state index contributed by atoms with van der Waals surface area (Å²) in [4.78, 5) is 17.2. The van der Waals surface area contributed by atoms with Crippen molar-refractivity contribution in [3.05, 3.63) is 23.4 Å². The first-order valence-corrected chi connectivity index (χ1v) is 6.11. The fraction of sp³-hybridized carbons (Fsp3) is 0.538. The second kappa shape index (κ2) is 5.35. The molecule has 18 heavy (non-hydrogen) atoms. The van der Waals surface area contributed by atoms with Crippen molar-refractivity contribution in [3.8, 4) is 0 Å². The number of carbonyl (C=O) groups is 1. The van der Waals surface area contributed by atoms with Gasteiger partial charge < -0.3 is 14.7 Å². The summed E-state index contributed by atoms with van der Waals surface area (Å²) in [5.74, 6) is -0.152. The first kappa shape index (κ1) is 12.8. The van der Waals surface area contributed by atoms with Crippen molar-refractivity contribution < 1.29 is 14.6 Å². The van der Waals surface area contributed by atoms with E-state index in [0.29, 0.717) is 5.69 Å². The minimum Gasteiger partial charge on any atom is -0.478 e. The number of aromatic nitrogens is 1. The molecule has 1 atom stereocenters. The molecule has 0 spiro atoms. The van der Waals surface area contributed by atoms with E-state index in [4.69, 9.17) is 9.84 Å². The number of nitrogens with zero attached hydrogens (tertiary/aromatic N) is 2. The number of carboxylic acid groups (broad SMARTS) is 1. The van der Waals surface area contributed by atoms with E-state index in [1.165, 1.54) is 0 Å². The number of carboxylic acids is 1. The van der Waals surface area contributed by atoms with Crippen LogP contribution in [0.25, 0.3) is 0 Å². The van der Waals surface area contributed by atoms with Gasteiger partial charge in [-0.3, -0.25) is 0 Å². The Morgan fingerprint density at radius 1 is 1.61 bits per heavy atom. The van der Waals surface area contributed by atoms with Gasteiger partial charge >= 0.3 is 5.97 Å². The van der Waals surface area contributed by atoms with E-state index >= 15 is 0 Å². The second-order valence-corrected chi connectivity index (χ2v) is 4.62. The summed E-state index contributed by atoms with van der Waals surface area (Å²) in [5, 5.41) is 8.95. The Bertz CT molecular complexity index is 442. The number of rotatable bonds is 4. The molecule has 1 saturated heterocycles. The SMILES string of the molecule is Cc1nc(N(C)CC2CCCO2)ccc1C(=O)O. The molecule has 0 aromatic carbocycles. The van der Waals surface area contributed by atoms with Gasteiger partial charge in [0, 0.05) is 20.2 Å². The molecule has 0 bridgehead atoms. The van der Waals surface area contributed by atoms with Crippen LogP contribution in [0.3, 0.4) is 0 Å². The standard InChI is InChI=1S/C13H18N2O3/c1-9-11(13(16)17)5-6-12(14-9)15(2)8-10-4-3-7-18-10/h5-6,10H,3-4,7-8H2,1-2H3,(H,16,17). The van der Waals surface area contributed by atoms with Gasteiger partial charge in [-0.25, -0.2) is 9.78 Å². The molecule has 0 amide bonds. The second-order valence-electron chi connectivity index (χ2n) is 4.62. The summed E-state index contributed by atoms with van der Waals surface area (Å²) in [6, 6.07) is 3.34. The minimum absolute atomic E-state index is 0.254. The van der Waals surface area contributed by atoms with Crippen molar-refractivity contribution in [1.29, 1.82) is 0 Å². The molecule has 2 heterocycles. The molecule has 0 saturated carbocycles. The quantitative estimate of drug-likeness (QED) is 0.881. The first-order valence-electron chi connectivity index (χ1n) is 6.11. The number of aryl methyl sites for hydroxylation is 1. The number of hydrogen-bond donors (Lipinski definition) is 1. The number of anilines is 1. The third kappa shape index (κ3) is 2.79. The molecular weight excluding hydrogens is 232 g/mol. The van der Waals surface area contributed by atoms with E-state index in [2.05, 4.69) is 4.98 Å². The zero-order chi connectivity index (χ0) is 13.1. The Hall–Kier alpha value is -1.62. The van der Waals surface area contributed by atoms with Gasteiger partial charge in [0.05, 0.1) is 17.4 Å². The van der Waals surface area contributed by atoms with Crippen LogP contribution in [0.1, 0.15) is 28.9 Å². The summed E-state index contributed by atoms with van der Waals surface area (Å²) in [7, 11) is 1.95. The molecule has 0 aliphatic carbocycles. The van der Waals surface area contributed by atoms with Crippen LogP contribution in [-0.2, 0) is 4.74 Å². The Kier molecular flexibility index (Phi) is 3.81. The molecule has 1 N–H and O–H groups in total. The minimum atomic E-state index is -0.937. The number of hydrogen-bond acceptors (Lipinski definition) is 4. The highest BCUT2D eigenvalue weighted by molar-refractivity contribution is 5.89. The van der Waals surface area contributed by atoms with E-state index in [1.54, 1.807) is 19.1 Å². The third-order valence-electron chi connectivity index (χ3n) is 3.19. The van der Waals surface area contributed by atoms with E-state index in [9.17, 15) is 4.79 Å². The van der Waals surface area contributed by atoms with Crippen LogP contribution in [0.5, 0.6) is 0 Å². The molecule has 5 nitrogen and oxygen atoms in total. The van der Waals surface area contributed by atoms with Crippen molar-refractivity contribution in [1.82, 2.24) is 4.98 Å². The van der Waals surface area contributed by atoms with Gasteiger partial charge in [-0.05, 0) is 31.9 Å². The van der Waals surface area contributed by atoms with Crippen molar-refractivity contribution in [2.75, 3.05) is 25.1 Å². The monoisotopic (exact) mass is 250 g/mol. The van der Waals surface area contributed by atoms with Crippen LogP contribution in [-0.4, -0.2) is 42.4 Å². The van der Waals surface area contributed by atoms with Gasteiger partial charge in [0.15, 0.2) is 0 Å². The lowest BCUT2D eigenvalue weighted by atomic mass is 10.2. The van der Waals surface area contributed by atoms with E-state index < -0.39 is 5.97 Å². The summed E-state index contributed by atoms with van der Waals surface area (Å²) in [6.45, 7) is 3.34. The van der Waals surface area contributed by atoms with E-state index in [-0.39, 0.29) is 11.7 Å². The molecule has 0 radical (unpaired) electrons. The number of aromatic carboxylic acids is 1. The molecule has 1 aromatic rings. The number of pyridine rings is 1. The fourth-order valence-electron chi connectivity index (χ4n) is 2.17. The van der Waals surface area contributed by atoms with Crippen molar-refractivity contribution in [3.63, 3.8) is 0 Å².